The van der Waals surface area contributed by atoms with Crippen LogP contribution in [0.2, 0.25) is 0 Å². The predicted molar refractivity (Wildman–Crippen MR) is 131 cm³/mol. The van der Waals surface area contributed by atoms with E-state index in [-0.39, 0.29) is 31.1 Å². The van der Waals surface area contributed by atoms with Crippen molar-refractivity contribution < 1.29 is 18.8 Å². The van der Waals surface area contributed by atoms with Crippen molar-refractivity contribution in [1.82, 2.24) is 0 Å². The third kappa shape index (κ3) is 5.30. The largest absolute Gasteiger partial charge is 0.457 e. The highest BCUT2D eigenvalue weighted by molar-refractivity contribution is 5.98. The monoisotopic (exact) mass is 449 g/mol. The van der Waals surface area contributed by atoms with E-state index in [4.69, 9.17) is 4.74 Å². The average molecular weight is 450 g/mol. The van der Waals surface area contributed by atoms with Crippen LogP contribution in [0.4, 0.5) is 5.69 Å². The van der Waals surface area contributed by atoms with Gasteiger partial charge in [0.2, 0.25) is 0 Å². The van der Waals surface area contributed by atoms with Gasteiger partial charge in [-0.3, -0.25) is 4.79 Å². The fourth-order valence-corrected chi connectivity index (χ4v) is 5.76. The number of hydrogen-bond donors (Lipinski definition) is 0. The van der Waals surface area contributed by atoms with Crippen LogP contribution < -0.4 is 4.90 Å². The number of carbonyl (C=O) groups is 2. The van der Waals surface area contributed by atoms with Crippen LogP contribution in [0.5, 0.6) is 0 Å². The highest BCUT2D eigenvalue weighted by Crippen LogP contribution is 2.34. The first kappa shape index (κ1) is 23.5. The van der Waals surface area contributed by atoms with Crippen LogP contribution in [0, 0.1) is 13.8 Å². The number of esters is 1. The van der Waals surface area contributed by atoms with E-state index in [2.05, 4.69) is 26.0 Å². The molecule has 0 spiro atoms. The van der Waals surface area contributed by atoms with E-state index in [1.807, 2.05) is 41.3 Å². The number of quaternary nitrogens is 1. The molecule has 0 saturated carbocycles. The fourth-order valence-electron chi connectivity index (χ4n) is 5.76. The molecule has 0 aliphatic carbocycles. The minimum atomic E-state index is -0.197. The number of aryl methyl sites for hydroxylation is 2. The van der Waals surface area contributed by atoms with Gasteiger partial charge in [0.15, 0.2) is 12.6 Å². The molecule has 4 rings (SSSR count). The first-order valence-electron chi connectivity index (χ1n) is 12.4. The van der Waals surface area contributed by atoms with Crippen molar-refractivity contribution in [3.63, 3.8) is 0 Å². The molecule has 1 amide bonds. The van der Waals surface area contributed by atoms with E-state index in [0.29, 0.717) is 4.48 Å². The lowest BCUT2D eigenvalue weighted by Gasteiger charge is -2.46. The van der Waals surface area contributed by atoms with E-state index in [0.717, 1.165) is 67.7 Å². The van der Waals surface area contributed by atoms with E-state index in [1.54, 1.807) is 0 Å². The van der Waals surface area contributed by atoms with E-state index >= 15 is 0 Å². The third-order valence-corrected chi connectivity index (χ3v) is 7.42. The average Bonchev–Trinajstić information content (AvgIpc) is 3.05. The van der Waals surface area contributed by atoms with E-state index < -0.39 is 0 Å². The van der Waals surface area contributed by atoms with Gasteiger partial charge in [-0.25, -0.2) is 4.79 Å². The molecule has 0 aromatic heterocycles. The second-order valence-corrected chi connectivity index (χ2v) is 9.77. The van der Waals surface area contributed by atoms with Gasteiger partial charge in [0, 0.05) is 18.7 Å². The Bertz CT molecular complexity index is 944. The van der Waals surface area contributed by atoms with Crippen LogP contribution in [-0.2, 0) is 20.9 Å². The van der Waals surface area contributed by atoms with Crippen LogP contribution >= 0.6 is 0 Å². The molecule has 176 valence electrons. The number of hydrogen-bond acceptors (Lipinski definition) is 3. The van der Waals surface area contributed by atoms with Crippen molar-refractivity contribution in [3.05, 3.63) is 65.2 Å². The zero-order valence-corrected chi connectivity index (χ0v) is 20.1. The third-order valence-electron chi connectivity index (χ3n) is 7.42. The number of amides is 1. The van der Waals surface area contributed by atoms with Gasteiger partial charge in [0.1, 0.15) is 6.61 Å². The summed E-state index contributed by atoms with van der Waals surface area (Å²) in [6.07, 6.45) is 6.24. The number of benzene rings is 2. The molecule has 2 aliphatic rings. The lowest BCUT2D eigenvalue weighted by Crippen LogP contribution is -2.65. The van der Waals surface area contributed by atoms with Gasteiger partial charge in [0.05, 0.1) is 13.1 Å². The molecule has 5 heteroatoms. The minimum Gasteiger partial charge on any atom is -0.457 e. The summed E-state index contributed by atoms with van der Waals surface area (Å²) in [5, 5.41) is 0. The van der Waals surface area contributed by atoms with Gasteiger partial charge in [-0.1, -0.05) is 48.5 Å². The molecule has 5 nitrogen and oxygen atoms in total. The predicted octanol–water partition coefficient (Wildman–Crippen LogP) is 4.93. The number of ether oxygens (including phenoxy) is 1. The van der Waals surface area contributed by atoms with Crippen molar-refractivity contribution >= 4 is 17.6 Å². The highest BCUT2D eigenvalue weighted by Gasteiger charge is 2.47. The molecule has 0 bridgehead atoms. The standard InChI is InChI=1S/C28H37N2O3/c1-22-12-10-13-23(2)27(22)29-17-11-16-25(28(29)32)30(18-8-3-4-9-19-30)20-26(31)33-21-24-14-6-5-7-15-24/h5-7,10,12-15,25H,3-4,8-9,11,16-21H2,1-2H3/q+1. The Morgan fingerprint density at radius 3 is 2.27 bits per heavy atom. The van der Waals surface area contributed by atoms with Gasteiger partial charge in [-0.15, -0.1) is 0 Å². The molecule has 1 atom stereocenters. The van der Waals surface area contributed by atoms with Crippen molar-refractivity contribution in [2.45, 2.75) is 65.0 Å². The topological polar surface area (TPSA) is 46.6 Å². The van der Waals surface area contributed by atoms with Crippen LogP contribution in [0.15, 0.2) is 48.5 Å². The summed E-state index contributed by atoms with van der Waals surface area (Å²) in [5.41, 5.74) is 4.30. The van der Waals surface area contributed by atoms with Gasteiger partial charge < -0.3 is 14.1 Å². The zero-order valence-electron chi connectivity index (χ0n) is 20.1. The quantitative estimate of drug-likeness (QED) is 0.464. The minimum absolute atomic E-state index is 0.177. The SMILES string of the molecule is Cc1cccc(C)c1N1CCCC([N+]2(CC(=O)OCc3ccccc3)CCCCCC2)C1=O. The van der Waals surface area contributed by atoms with Gasteiger partial charge >= 0.3 is 5.97 Å². The maximum atomic E-state index is 14.0. The van der Waals surface area contributed by atoms with Crippen molar-refractivity contribution in [1.29, 1.82) is 0 Å². The summed E-state index contributed by atoms with van der Waals surface area (Å²) in [4.78, 5) is 29.0. The normalized spacial score (nSPS) is 20.8. The molecule has 1 unspecified atom stereocenters. The molecule has 2 fully saturated rings. The van der Waals surface area contributed by atoms with Crippen LogP contribution in [-0.4, -0.2) is 48.6 Å². The maximum Gasteiger partial charge on any atom is 0.362 e. The van der Waals surface area contributed by atoms with Crippen LogP contribution in [0.1, 0.15) is 55.2 Å². The van der Waals surface area contributed by atoms with Gasteiger partial charge in [0.25, 0.3) is 5.91 Å². The van der Waals surface area contributed by atoms with Gasteiger partial charge in [-0.2, -0.15) is 0 Å². The summed E-state index contributed by atoms with van der Waals surface area (Å²) in [6.45, 7) is 7.22. The highest BCUT2D eigenvalue weighted by atomic mass is 16.5. The first-order chi connectivity index (χ1) is 16.0. The molecule has 2 aromatic rings. The molecule has 2 aliphatic heterocycles. The summed E-state index contributed by atoms with van der Waals surface area (Å²) in [5.74, 6) is -0.0193. The van der Waals surface area contributed by atoms with Crippen molar-refractivity contribution in [3.8, 4) is 0 Å². The Morgan fingerprint density at radius 1 is 0.939 bits per heavy atom. The summed E-state index contributed by atoms with van der Waals surface area (Å²) >= 11 is 0. The lowest BCUT2D eigenvalue weighted by molar-refractivity contribution is -0.936. The van der Waals surface area contributed by atoms with E-state index in [1.165, 1.54) is 12.8 Å². The van der Waals surface area contributed by atoms with Crippen LogP contribution in [0.3, 0.4) is 0 Å². The first-order valence-corrected chi connectivity index (χ1v) is 12.4. The molecule has 0 N–H and O–H groups in total. The van der Waals surface area contributed by atoms with Crippen molar-refractivity contribution in [2.75, 3.05) is 31.1 Å². The number of rotatable bonds is 6. The number of nitrogens with zero attached hydrogens (tertiary/aromatic N) is 2. The second kappa shape index (κ2) is 10.5. The second-order valence-electron chi connectivity index (χ2n) is 9.77. The number of carbonyl (C=O) groups excluding carboxylic acids is 2. The van der Waals surface area contributed by atoms with Gasteiger partial charge in [-0.05, 0) is 62.6 Å². The molecule has 2 saturated heterocycles. The number of likely N-dealkylation sites (tertiary alicyclic amines) is 1. The Hall–Kier alpha value is -2.66. The smallest absolute Gasteiger partial charge is 0.362 e. The fraction of sp³-hybridized carbons (Fsp3) is 0.500. The molecule has 2 heterocycles. The van der Waals surface area contributed by atoms with Crippen LogP contribution in [0.25, 0.3) is 0 Å². The Balaban J connectivity index is 1.56. The summed E-state index contributed by atoms with van der Waals surface area (Å²) in [7, 11) is 0. The molecular weight excluding hydrogens is 412 g/mol. The Kier molecular flexibility index (Phi) is 7.49. The number of anilines is 1. The zero-order chi connectivity index (χ0) is 23.3. The molecule has 2 aromatic carbocycles. The number of piperidine rings is 1. The van der Waals surface area contributed by atoms with Crippen molar-refractivity contribution in [2.24, 2.45) is 0 Å². The van der Waals surface area contributed by atoms with E-state index in [9.17, 15) is 9.59 Å². The maximum absolute atomic E-state index is 14.0. The number of para-hydroxylation sites is 1. The molecular formula is C28H37N2O3+. The molecule has 0 radical (unpaired) electrons. The summed E-state index contributed by atoms with van der Waals surface area (Å²) < 4.78 is 6.24. The molecule has 33 heavy (non-hydrogen) atoms. The Morgan fingerprint density at radius 2 is 1.61 bits per heavy atom. The Labute approximate surface area is 197 Å². The lowest BCUT2D eigenvalue weighted by atomic mass is 9.96. The summed E-state index contributed by atoms with van der Waals surface area (Å²) in [6, 6.07) is 15.8.